The van der Waals surface area contributed by atoms with Crippen LogP contribution in [0.2, 0.25) is 0 Å². The molecular weight excluding hydrogens is 530 g/mol. The van der Waals surface area contributed by atoms with Crippen molar-refractivity contribution in [2.45, 2.75) is 34.6 Å². The lowest BCUT2D eigenvalue weighted by molar-refractivity contribution is 1.07. The van der Waals surface area contributed by atoms with Gasteiger partial charge < -0.3 is 4.57 Å². The fourth-order valence-electron chi connectivity index (χ4n) is 4.61. The molecule has 1 rings (SSSR count). The normalized spacial score (nSPS) is 14.5. The van der Waals surface area contributed by atoms with Gasteiger partial charge in [0, 0.05) is 16.8 Å². The van der Waals surface area contributed by atoms with Gasteiger partial charge in [-0.25, -0.2) is 0 Å². The van der Waals surface area contributed by atoms with Crippen molar-refractivity contribution in [2.75, 3.05) is 0 Å². The maximum atomic E-state index is 4.26. The first kappa shape index (κ1) is 36.9. The smallest absolute Gasteiger partial charge is 0.0619 e. The molecule has 1 aromatic heterocycles. The van der Waals surface area contributed by atoms with Crippen LogP contribution in [-0.4, -0.2) is 4.57 Å². The molecule has 1 aromatic rings. The highest BCUT2D eigenvalue weighted by molar-refractivity contribution is 6.01. The summed E-state index contributed by atoms with van der Waals surface area (Å²) in [4.78, 5) is 0. The number of aromatic nitrogens is 1. The van der Waals surface area contributed by atoms with E-state index in [2.05, 4.69) is 117 Å². The van der Waals surface area contributed by atoms with Gasteiger partial charge in [-0.15, -0.1) is 0 Å². The molecule has 0 amide bonds. The van der Waals surface area contributed by atoms with Crippen LogP contribution in [0.4, 0.5) is 0 Å². The van der Waals surface area contributed by atoms with E-state index in [9.17, 15) is 0 Å². The highest BCUT2D eigenvalue weighted by Gasteiger charge is 2.29. The Morgan fingerprint density at radius 2 is 0.955 bits per heavy atom. The van der Waals surface area contributed by atoms with Gasteiger partial charge in [0.05, 0.1) is 11.4 Å². The van der Waals surface area contributed by atoms with Crippen LogP contribution >= 0.6 is 0 Å². The summed E-state index contributed by atoms with van der Waals surface area (Å²) in [5, 5.41) is 0. The van der Waals surface area contributed by atoms with Gasteiger partial charge in [-0.1, -0.05) is 167 Å². The van der Waals surface area contributed by atoms with E-state index in [0.717, 1.165) is 50.5 Å². The predicted octanol–water partition coefficient (Wildman–Crippen LogP) is 12.8. The lowest BCUT2D eigenvalue weighted by Crippen LogP contribution is -2.05. The molecule has 0 aliphatic rings. The van der Waals surface area contributed by atoms with Gasteiger partial charge >= 0.3 is 0 Å². The molecule has 0 aliphatic carbocycles. The van der Waals surface area contributed by atoms with Crippen LogP contribution in [0.3, 0.4) is 0 Å². The lowest BCUT2D eigenvalue weighted by atomic mass is 9.89. The van der Waals surface area contributed by atoms with Crippen LogP contribution in [0.5, 0.6) is 0 Å². The Hall–Kier alpha value is -5.14. The maximum absolute atomic E-state index is 4.26. The molecule has 0 saturated carbocycles. The van der Waals surface area contributed by atoms with Crippen molar-refractivity contribution < 1.29 is 0 Å². The monoisotopic (exact) mass is 579 g/mol. The SMILES string of the molecule is C=C/C=C\C=C(/C=C)n1c(C(/C=C\C=C)=C/C)c(C(/C=C\C)=C/C=C\C)c(C(/C=C\C=C)=C/C=C)c1C(/C=C\C)=C/C=C\C. The van der Waals surface area contributed by atoms with E-state index in [0.29, 0.717) is 0 Å². The van der Waals surface area contributed by atoms with Crippen LogP contribution < -0.4 is 0 Å². The number of hydrogen-bond donors (Lipinski definition) is 0. The number of rotatable bonds is 17. The quantitative estimate of drug-likeness (QED) is 0.162. The molecule has 0 fully saturated rings. The molecule has 0 spiro atoms. The van der Waals surface area contributed by atoms with Gasteiger partial charge in [0.2, 0.25) is 0 Å². The summed E-state index contributed by atoms with van der Waals surface area (Å²) in [6, 6.07) is 0. The number of nitrogens with zero attached hydrogens (tertiary/aromatic N) is 1. The Kier molecular flexibility index (Phi) is 18.1. The average Bonchev–Trinajstić information content (AvgIpc) is 3.37. The second kappa shape index (κ2) is 21.5. The number of hydrogen-bond acceptors (Lipinski definition) is 0. The molecule has 44 heavy (non-hydrogen) atoms. The van der Waals surface area contributed by atoms with E-state index in [-0.39, 0.29) is 0 Å². The fourth-order valence-corrected chi connectivity index (χ4v) is 4.61. The Morgan fingerprint density at radius 1 is 0.455 bits per heavy atom. The second-order valence-corrected chi connectivity index (χ2v) is 9.29. The molecule has 1 nitrogen and oxygen atoms in total. The van der Waals surface area contributed by atoms with Crippen LogP contribution in [-0.2, 0) is 0 Å². The van der Waals surface area contributed by atoms with Gasteiger partial charge in [-0.05, 0) is 69.1 Å². The van der Waals surface area contributed by atoms with Crippen molar-refractivity contribution >= 4 is 28.0 Å². The summed E-state index contributed by atoms with van der Waals surface area (Å²) < 4.78 is 2.30. The van der Waals surface area contributed by atoms with Crippen molar-refractivity contribution in [3.05, 3.63) is 201 Å². The van der Waals surface area contributed by atoms with Gasteiger partial charge in [0.15, 0.2) is 0 Å². The zero-order chi connectivity index (χ0) is 32.7. The van der Waals surface area contributed by atoms with Gasteiger partial charge in [0.25, 0.3) is 0 Å². The summed E-state index contributed by atoms with van der Waals surface area (Å²) in [7, 11) is 0. The van der Waals surface area contributed by atoms with E-state index >= 15 is 0 Å². The van der Waals surface area contributed by atoms with E-state index in [1.807, 2.05) is 82.4 Å². The van der Waals surface area contributed by atoms with Crippen LogP contribution in [0, 0.1) is 0 Å². The van der Waals surface area contributed by atoms with Crippen LogP contribution in [0.1, 0.15) is 57.1 Å². The number of allylic oxidation sites excluding steroid dienone is 29. The molecular formula is C43H49N. The highest BCUT2D eigenvalue weighted by Crippen LogP contribution is 2.44. The van der Waals surface area contributed by atoms with Crippen LogP contribution in [0.25, 0.3) is 28.0 Å². The topological polar surface area (TPSA) is 4.93 Å². The highest BCUT2D eigenvalue weighted by atomic mass is 15.0. The molecule has 0 saturated heterocycles. The summed E-state index contributed by atoms with van der Waals surface area (Å²) in [5.74, 6) is 0. The zero-order valence-corrected chi connectivity index (χ0v) is 27.3. The molecule has 1 heteroatoms. The third-order valence-corrected chi connectivity index (χ3v) is 6.34. The van der Waals surface area contributed by atoms with Crippen molar-refractivity contribution in [3.63, 3.8) is 0 Å². The fraction of sp³-hybridized carbons (Fsp3) is 0.116. The van der Waals surface area contributed by atoms with Crippen LogP contribution in [0.15, 0.2) is 179 Å². The van der Waals surface area contributed by atoms with Gasteiger partial charge in [-0.3, -0.25) is 0 Å². The summed E-state index contributed by atoms with van der Waals surface area (Å²) >= 11 is 0. The molecule has 0 aromatic carbocycles. The molecule has 226 valence electrons. The average molecular weight is 580 g/mol. The third kappa shape index (κ3) is 10.00. The Balaban J connectivity index is 5.17. The lowest BCUT2D eigenvalue weighted by Gasteiger charge is -2.17. The minimum atomic E-state index is 0.902. The van der Waals surface area contributed by atoms with Crippen molar-refractivity contribution in [1.29, 1.82) is 0 Å². The first-order valence-electron chi connectivity index (χ1n) is 14.9. The first-order chi connectivity index (χ1) is 21.5. The van der Waals surface area contributed by atoms with E-state index in [4.69, 9.17) is 0 Å². The third-order valence-electron chi connectivity index (χ3n) is 6.34. The molecule has 0 bridgehead atoms. The minimum absolute atomic E-state index is 0.902. The molecule has 0 unspecified atom stereocenters. The standard InChI is InChI=1S/C43H49N/c1-11-21-26-34-39(20-10)44-42(35(19-9)30-22-12-2)40(36(27-16-6)31-23-13-3)41(37(28-17-7)32-24-14-4)43(44)38(29-18-8)33-25-15-5/h11-34H,1-2,4,7,10H2,3,5-6,8-9H3/b23-13-,25-15-,26-21-,27-16-,29-18-,30-22-,32-24-,35-19+,36-31+,37-28+,38-33+,39-34+. The minimum Gasteiger partial charge on any atom is -0.308 e. The van der Waals surface area contributed by atoms with Gasteiger partial charge in [0.1, 0.15) is 0 Å². The summed E-state index contributed by atoms with van der Waals surface area (Å²) in [6.45, 7) is 30.3. The Labute approximate surface area is 267 Å². The zero-order valence-electron chi connectivity index (χ0n) is 27.3. The van der Waals surface area contributed by atoms with E-state index < -0.39 is 0 Å². The summed E-state index contributed by atoms with van der Waals surface area (Å²) in [5.41, 5.74) is 9.14. The van der Waals surface area contributed by atoms with E-state index in [1.165, 1.54) is 0 Å². The summed E-state index contributed by atoms with van der Waals surface area (Å²) in [6.07, 6.45) is 48.3. The molecule has 0 radical (unpaired) electrons. The Morgan fingerprint density at radius 3 is 1.43 bits per heavy atom. The predicted molar refractivity (Wildman–Crippen MR) is 204 cm³/mol. The first-order valence-corrected chi connectivity index (χ1v) is 14.9. The van der Waals surface area contributed by atoms with Gasteiger partial charge in [-0.2, -0.15) is 0 Å². The molecule has 1 heterocycles. The van der Waals surface area contributed by atoms with Crippen molar-refractivity contribution in [2.24, 2.45) is 0 Å². The largest absolute Gasteiger partial charge is 0.308 e. The second-order valence-electron chi connectivity index (χ2n) is 9.29. The maximum Gasteiger partial charge on any atom is 0.0619 e. The molecule has 0 atom stereocenters. The molecule has 0 N–H and O–H groups in total. The van der Waals surface area contributed by atoms with E-state index in [1.54, 1.807) is 18.2 Å². The molecule has 0 aliphatic heterocycles. The van der Waals surface area contributed by atoms with Crippen molar-refractivity contribution in [3.8, 4) is 0 Å². The van der Waals surface area contributed by atoms with Crippen molar-refractivity contribution in [1.82, 2.24) is 4.57 Å². The Bertz CT molecular complexity index is 1550.